The van der Waals surface area contributed by atoms with Gasteiger partial charge in [0.2, 0.25) is 5.90 Å². The highest BCUT2D eigenvalue weighted by Crippen LogP contribution is 2.34. The van der Waals surface area contributed by atoms with Crippen molar-refractivity contribution >= 4 is 40.5 Å². The molecule has 0 unspecified atom stereocenters. The minimum absolute atomic E-state index is 0.247. The van der Waals surface area contributed by atoms with Gasteiger partial charge in [-0.2, -0.15) is 0 Å². The zero-order chi connectivity index (χ0) is 17.1. The van der Waals surface area contributed by atoms with Crippen LogP contribution in [-0.4, -0.2) is 26.1 Å². The first kappa shape index (κ1) is 16.5. The van der Waals surface area contributed by atoms with Gasteiger partial charge in [-0.05, 0) is 58.5 Å². The first-order chi connectivity index (χ1) is 11.6. The van der Waals surface area contributed by atoms with E-state index in [1.807, 2.05) is 36.4 Å². The van der Waals surface area contributed by atoms with E-state index in [0.29, 0.717) is 17.4 Å². The first-order valence-corrected chi connectivity index (χ1v) is 8.19. The number of carbonyl (C=O) groups is 1. The Bertz CT molecular complexity index is 844. The number of rotatable bonds is 4. The Labute approximate surface area is 153 Å². The molecule has 0 atom stereocenters. The number of carbonyl (C=O) groups excluding carboxylic acids is 1. The summed E-state index contributed by atoms with van der Waals surface area (Å²) in [5.41, 5.74) is 1.79. The van der Waals surface area contributed by atoms with Crippen LogP contribution in [0, 0.1) is 3.57 Å². The molecule has 24 heavy (non-hydrogen) atoms. The molecule has 3 rings (SSSR count). The molecule has 0 spiro atoms. The predicted octanol–water partition coefficient (Wildman–Crippen LogP) is 3.65. The van der Waals surface area contributed by atoms with E-state index in [1.54, 1.807) is 26.4 Å². The molecule has 0 aromatic heterocycles. The summed E-state index contributed by atoms with van der Waals surface area (Å²) in [5.74, 6) is 1.08. The van der Waals surface area contributed by atoms with Gasteiger partial charge in [-0.25, -0.2) is 9.79 Å². The summed E-state index contributed by atoms with van der Waals surface area (Å²) >= 11 is 2.15. The Morgan fingerprint density at radius 3 is 2.54 bits per heavy atom. The molecular formula is C18H14INO4. The number of aliphatic imine (C=N–C) groups is 1. The third-order valence-corrected chi connectivity index (χ3v) is 4.20. The van der Waals surface area contributed by atoms with Crippen LogP contribution < -0.4 is 9.47 Å². The van der Waals surface area contributed by atoms with Crippen molar-refractivity contribution < 1.29 is 19.0 Å². The third kappa shape index (κ3) is 3.28. The standard InChI is InChI=1S/C18H14INO4/c1-22-15-10-11(8-13(19)16(15)23-2)9-14-18(21)24-17(20-14)12-6-4-3-5-7-12/h3-10H,1-2H3. The number of ether oxygens (including phenoxy) is 3. The van der Waals surface area contributed by atoms with Crippen LogP contribution in [0.5, 0.6) is 11.5 Å². The molecule has 1 aliphatic heterocycles. The number of methoxy groups -OCH3 is 2. The van der Waals surface area contributed by atoms with Crippen LogP contribution >= 0.6 is 22.6 Å². The third-order valence-electron chi connectivity index (χ3n) is 3.40. The number of hydrogen-bond donors (Lipinski definition) is 0. The summed E-state index contributed by atoms with van der Waals surface area (Å²) in [4.78, 5) is 16.4. The topological polar surface area (TPSA) is 57.1 Å². The lowest BCUT2D eigenvalue weighted by Gasteiger charge is -2.10. The van der Waals surface area contributed by atoms with Gasteiger partial charge in [-0.15, -0.1) is 0 Å². The fraction of sp³-hybridized carbons (Fsp3) is 0.111. The van der Waals surface area contributed by atoms with Crippen molar-refractivity contribution in [1.29, 1.82) is 0 Å². The van der Waals surface area contributed by atoms with E-state index >= 15 is 0 Å². The van der Waals surface area contributed by atoms with E-state index in [1.165, 1.54) is 0 Å². The Balaban J connectivity index is 1.98. The van der Waals surface area contributed by atoms with Crippen molar-refractivity contribution in [2.24, 2.45) is 4.99 Å². The largest absolute Gasteiger partial charge is 0.493 e. The van der Waals surface area contributed by atoms with Crippen molar-refractivity contribution in [3.63, 3.8) is 0 Å². The number of nitrogens with zero attached hydrogens (tertiary/aromatic N) is 1. The lowest BCUT2D eigenvalue weighted by molar-refractivity contribution is -0.129. The highest BCUT2D eigenvalue weighted by molar-refractivity contribution is 14.1. The summed E-state index contributed by atoms with van der Waals surface area (Å²) in [6.45, 7) is 0. The molecule has 122 valence electrons. The number of esters is 1. The van der Waals surface area contributed by atoms with Crippen molar-refractivity contribution in [1.82, 2.24) is 0 Å². The van der Waals surface area contributed by atoms with E-state index in [-0.39, 0.29) is 5.70 Å². The van der Waals surface area contributed by atoms with Crippen LogP contribution in [0.4, 0.5) is 0 Å². The van der Waals surface area contributed by atoms with Gasteiger partial charge in [0, 0.05) is 5.56 Å². The van der Waals surface area contributed by atoms with E-state index in [2.05, 4.69) is 27.6 Å². The maximum atomic E-state index is 12.1. The Morgan fingerprint density at radius 1 is 1.12 bits per heavy atom. The van der Waals surface area contributed by atoms with Gasteiger partial charge >= 0.3 is 5.97 Å². The minimum Gasteiger partial charge on any atom is -0.493 e. The average Bonchev–Trinajstić information content (AvgIpc) is 2.96. The van der Waals surface area contributed by atoms with E-state index in [0.717, 1.165) is 14.7 Å². The van der Waals surface area contributed by atoms with Gasteiger partial charge in [-0.1, -0.05) is 18.2 Å². The number of halogens is 1. The fourth-order valence-electron chi connectivity index (χ4n) is 2.29. The molecule has 0 amide bonds. The quantitative estimate of drug-likeness (QED) is 0.418. The highest BCUT2D eigenvalue weighted by Gasteiger charge is 2.24. The van der Waals surface area contributed by atoms with Gasteiger partial charge in [0.25, 0.3) is 0 Å². The maximum absolute atomic E-state index is 12.1. The van der Waals surface area contributed by atoms with E-state index in [9.17, 15) is 4.79 Å². The summed E-state index contributed by atoms with van der Waals surface area (Å²) in [6, 6.07) is 13.0. The lowest BCUT2D eigenvalue weighted by Crippen LogP contribution is -2.04. The molecule has 2 aromatic carbocycles. The molecule has 5 nitrogen and oxygen atoms in total. The minimum atomic E-state index is -0.473. The molecule has 0 aliphatic carbocycles. The smallest absolute Gasteiger partial charge is 0.363 e. The fourth-order valence-corrected chi connectivity index (χ4v) is 3.14. The highest BCUT2D eigenvalue weighted by atomic mass is 127. The molecule has 0 bridgehead atoms. The number of cyclic esters (lactones) is 1. The molecule has 0 saturated heterocycles. The number of hydrogen-bond acceptors (Lipinski definition) is 5. The SMILES string of the molecule is COc1cc(C=C2N=C(c3ccccc3)OC2=O)cc(I)c1OC. The van der Waals surface area contributed by atoms with Crippen molar-refractivity contribution in [3.05, 3.63) is 62.9 Å². The van der Waals surface area contributed by atoms with Crippen LogP contribution in [-0.2, 0) is 9.53 Å². The summed E-state index contributed by atoms with van der Waals surface area (Å²) < 4.78 is 16.8. The summed E-state index contributed by atoms with van der Waals surface area (Å²) in [7, 11) is 3.16. The van der Waals surface area contributed by atoms with Gasteiger partial charge < -0.3 is 14.2 Å². The maximum Gasteiger partial charge on any atom is 0.363 e. The summed E-state index contributed by atoms with van der Waals surface area (Å²) in [6.07, 6.45) is 1.67. The van der Waals surface area contributed by atoms with Crippen LogP contribution in [0.2, 0.25) is 0 Å². The summed E-state index contributed by atoms with van der Waals surface area (Å²) in [5, 5.41) is 0. The Morgan fingerprint density at radius 2 is 1.88 bits per heavy atom. The van der Waals surface area contributed by atoms with Gasteiger partial charge in [0.15, 0.2) is 17.2 Å². The Hall–Kier alpha value is -2.35. The van der Waals surface area contributed by atoms with Crippen LogP contribution in [0.1, 0.15) is 11.1 Å². The zero-order valence-electron chi connectivity index (χ0n) is 13.1. The van der Waals surface area contributed by atoms with E-state index in [4.69, 9.17) is 14.2 Å². The molecular weight excluding hydrogens is 421 g/mol. The molecule has 0 saturated carbocycles. The van der Waals surface area contributed by atoms with E-state index < -0.39 is 5.97 Å². The van der Waals surface area contributed by atoms with Crippen molar-refractivity contribution in [2.75, 3.05) is 14.2 Å². The first-order valence-electron chi connectivity index (χ1n) is 7.12. The van der Waals surface area contributed by atoms with Crippen LogP contribution in [0.3, 0.4) is 0 Å². The van der Waals surface area contributed by atoms with Gasteiger partial charge in [-0.3, -0.25) is 0 Å². The lowest BCUT2D eigenvalue weighted by atomic mass is 10.1. The second kappa shape index (κ2) is 7.04. The molecule has 1 heterocycles. The molecule has 6 heteroatoms. The monoisotopic (exact) mass is 435 g/mol. The van der Waals surface area contributed by atoms with Crippen molar-refractivity contribution in [3.8, 4) is 11.5 Å². The van der Waals surface area contributed by atoms with Gasteiger partial charge in [0.05, 0.1) is 17.8 Å². The normalized spacial score (nSPS) is 15.2. The predicted molar refractivity (Wildman–Crippen MR) is 99.3 cm³/mol. The average molecular weight is 435 g/mol. The molecule has 1 aliphatic rings. The zero-order valence-corrected chi connectivity index (χ0v) is 15.2. The van der Waals surface area contributed by atoms with Crippen molar-refractivity contribution in [2.45, 2.75) is 0 Å². The Kier molecular flexibility index (Phi) is 4.84. The second-order valence-electron chi connectivity index (χ2n) is 4.94. The molecule has 0 fully saturated rings. The van der Waals surface area contributed by atoms with Gasteiger partial charge in [0.1, 0.15) is 0 Å². The second-order valence-corrected chi connectivity index (χ2v) is 6.10. The molecule has 0 N–H and O–H groups in total. The van der Waals surface area contributed by atoms with Crippen LogP contribution in [0.25, 0.3) is 6.08 Å². The number of benzene rings is 2. The van der Waals surface area contributed by atoms with Crippen LogP contribution in [0.15, 0.2) is 53.2 Å². The molecule has 0 radical (unpaired) electrons. The molecule has 2 aromatic rings.